The van der Waals surface area contributed by atoms with Crippen LogP contribution in [0.5, 0.6) is 5.75 Å². The normalized spacial score (nSPS) is 36.5. The minimum Gasteiger partial charge on any atom is -0.497 e. The van der Waals surface area contributed by atoms with E-state index in [2.05, 4.69) is 26.0 Å². The number of fused-ring (bicyclic) bond motifs is 4. The summed E-state index contributed by atoms with van der Waals surface area (Å²) < 4.78 is 5.36. The van der Waals surface area contributed by atoms with Crippen LogP contribution in [-0.2, 0) is 16.6 Å². The van der Waals surface area contributed by atoms with Crippen LogP contribution in [0.3, 0.4) is 0 Å². The molecule has 2 heteroatoms. The van der Waals surface area contributed by atoms with Gasteiger partial charge in [0, 0.05) is 11.3 Å². The van der Waals surface area contributed by atoms with Gasteiger partial charge in [-0.25, -0.2) is 0 Å². The number of hydrogen-bond acceptors (Lipinski definition) is 2. The van der Waals surface area contributed by atoms with Crippen molar-refractivity contribution in [2.45, 2.75) is 38.5 Å². The molecule has 1 unspecified atom stereocenters. The van der Waals surface area contributed by atoms with Crippen LogP contribution in [0.15, 0.2) is 18.2 Å². The van der Waals surface area contributed by atoms with E-state index in [-0.39, 0.29) is 11.3 Å². The molecule has 0 N–H and O–H groups in total. The number of aldehydes is 1. The summed E-state index contributed by atoms with van der Waals surface area (Å²) in [5.74, 6) is 2.23. The number of carbonyl (C=O) groups is 1. The van der Waals surface area contributed by atoms with Gasteiger partial charge in [0.2, 0.25) is 0 Å². The molecular weight excluding hydrogens is 236 g/mol. The Morgan fingerprint density at radius 1 is 1.42 bits per heavy atom. The van der Waals surface area contributed by atoms with E-state index in [4.69, 9.17) is 4.74 Å². The van der Waals surface area contributed by atoms with Crippen LogP contribution in [0, 0.1) is 17.8 Å². The first kappa shape index (κ1) is 12.7. The molecule has 0 heterocycles. The van der Waals surface area contributed by atoms with Gasteiger partial charge in [0.25, 0.3) is 0 Å². The van der Waals surface area contributed by atoms with E-state index in [0.29, 0.717) is 11.8 Å². The third-order valence-electron chi connectivity index (χ3n) is 5.58. The molecule has 2 aliphatic carbocycles. The summed E-state index contributed by atoms with van der Waals surface area (Å²) in [5.41, 5.74) is 2.76. The molecule has 0 radical (unpaired) electrons. The number of carbonyl (C=O) groups excluding carboxylic acids is 1. The first-order chi connectivity index (χ1) is 9.10. The van der Waals surface area contributed by atoms with Crippen LogP contribution in [0.4, 0.5) is 0 Å². The summed E-state index contributed by atoms with van der Waals surface area (Å²) in [5, 5.41) is 0. The molecule has 2 nitrogen and oxygen atoms in total. The van der Waals surface area contributed by atoms with Gasteiger partial charge in [-0.3, -0.25) is 0 Å². The zero-order valence-electron chi connectivity index (χ0n) is 12.0. The predicted octanol–water partition coefficient (Wildman–Crippen LogP) is 3.37. The maximum absolute atomic E-state index is 11.7. The lowest BCUT2D eigenvalue weighted by atomic mass is 9.52. The van der Waals surface area contributed by atoms with Gasteiger partial charge >= 0.3 is 0 Å². The van der Waals surface area contributed by atoms with E-state index < -0.39 is 0 Å². The van der Waals surface area contributed by atoms with Crippen LogP contribution >= 0.6 is 0 Å². The van der Waals surface area contributed by atoms with E-state index in [0.717, 1.165) is 18.6 Å². The van der Waals surface area contributed by atoms with Gasteiger partial charge in [-0.1, -0.05) is 19.9 Å². The van der Waals surface area contributed by atoms with Crippen molar-refractivity contribution in [2.24, 2.45) is 17.8 Å². The van der Waals surface area contributed by atoms with Crippen LogP contribution in [0.25, 0.3) is 0 Å². The number of ether oxygens (including phenoxy) is 1. The number of hydrogen-bond donors (Lipinski definition) is 0. The van der Waals surface area contributed by atoms with Crippen molar-refractivity contribution >= 4 is 6.29 Å². The minimum absolute atomic E-state index is 0.00104. The van der Waals surface area contributed by atoms with Crippen molar-refractivity contribution in [2.75, 3.05) is 7.11 Å². The molecular formula is C17H22O2. The molecule has 1 saturated carbocycles. The molecule has 4 atom stereocenters. The second kappa shape index (κ2) is 4.36. The van der Waals surface area contributed by atoms with Crippen molar-refractivity contribution in [3.05, 3.63) is 29.3 Å². The van der Waals surface area contributed by atoms with Crippen molar-refractivity contribution in [1.82, 2.24) is 0 Å². The van der Waals surface area contributed by atoms with Crippen molar-refractivity contribution in [1.29, 1.82) is 0 Å². The van der Waals surface area contributed by atoms with Crippen LogP contribution in [-0.4, -0.2) is 13.4 Å². The Labute approximate surface area is 115 Å². The zero-order chi connectivity index (χ0) is 13.6. The summed E-state index contributed by atoms with van der Waals surface area (Å²) >= 11 is 0. The van der Waals surface area contributed by atoms with Crippen molar-refractivity contribution < 1.29 is 9.53 Å². The van der Waals surface area contributed by atoms with Gasteiger partial charge in [0.1, 0.15) is 12.0 Å². The average molecular weight is 258 g/mol. The maximum Gasteiger partial charge on any atom is 0.124 e. The Morgan fingerprint density at radius 2 is 2.21 bits per heavy atom. The zero-order valence-corrected chi connectivity index (χ0v) is 12.0. The average Bonchev–Trinajstić information content (AvgIpc) is 2.43. The Hall–Kier alpha value is -1.31. The third kappa shape index (κ3) is 1.73. The van der Waals surface area contributed by atoms with E-state index in [1.165, 1.54) is 23.8 Å². The highest BCUT2D eigenvalue weighted by Gasteiger charge is 2.50. The van der Waals surface area contributed by atoms with Gasteiger partial charge < -0.3 is 9.53 Å². The van der Waals surface area contributed by atoms with Crippen molar-refractivity contribution in [3.63, 3.8) is 0 Å². The molecule has 2 aliphatic rings. The SMILES string of the molecule is COc1ccc2c(c1)[C@]1(C)CCC(C)[C@H](C2)[C@@H]1C=O. The van der Waals surface area contributed by atoms with E-state index >= 15 is 0 Å². The summed E-state index contributed by atoms with van der Waals surface area (Å²) in [6, 6.07) is 6.39. The first-order valence-corrected chi connectivity index (χ1v) is 7.23. The van der Waals surface area contributed by atoms with Crippen molar-refractivity contribution in [3.8, 4) is 5.75 Å². The fourth-order valence-corrected chi connectivity index (χ4v) is 4.27. The fraction of sp³-hybridized carbons (Fsp3) is 0.588. The Balaban J connectivity index is 2.15. The quantitative estimate of drug-likeness (QED) is 0.760. The molecule has 102 valence electrons. The van der Waals surface area contributed by atoms with Gasteiger partial charge in [0.05, 0.1) is 7.11 Å². The summed E-state index contributed by atoms with van der Waals surface area (Å²) in [6.07, 6.45) is 4.58. The first-order valence-electron chi connectivity index (χ1n) is 7.23. The highest BCUT2D eigenvalue weighted by atomic mass is 16.5. The molecule has 0 amide bonds. The summed E-state index contributed by atoms with van der Waals surface area (Å²) in [7, 11) is 1.70. The molecule has 0 saturated heterocycles. The standard InChI is InChI=1S/C17H22O2/c1-11-6-7-17(2)15-9-13(19-3)5-4-12(15)8-14(11)16(17)10-18/h4-5,9-11,14,16H,6-8H2,1-3H3/t11?,14-,16-,17-/m0/s1. The molecule has 0 aromatic heterocycles. The molecule has 0 spiro atoms. The highest BCUT2D eigenvalue weighted by Crippen LogP contribution is 2.53. The monoisotopic (exact) mass is 258 g/mol. The van der Waals surface area contributed by atoms with Crippen LogP contribution in [0.1, 0.15) is 37.8 Å². The largest absolute Gasteiger partial charge is 0.497 e. The fourth-order valence-electron chi connectivity index (χ4n) is 4.27. The van der Waals surface area contributed by atoms with Gasteiger partial charge in [-0.2, -0.15) is 0 Å². The molecule has 1 aromatic carbocycles. The lowest BCUT2D eigenvalue weighted by molar-refractivity contribution is -0.118. The summed E-state index contributed by atoms with van der Waals surface area (Å²) in [4.78, 5) is 11.7. The molecule has 0 aliphatic heterocycles. The van der Waals surface area contributed by atoms with E-state index in [1.807, 2.05) is 6.07 Å². The topological polar surface area (TPSA) is 26.3 Å². The second-order valence-corrected chi connectivity index (χ2v) is 6.49. The molecule has 1 aromatic rings. The number of methoxy groups -OCH3 is 1. The molecule has 3 rings (SSSR count). The third-order valence-corrected chi connectivity index (χ3v) is 5.58. The number of benzene rings is 1. The van der Waals surface area contributed by atoms with Gasteiger partial charge in [-0.15, -0.1) is 0 Å². The van der Waals surface area contributed by atoms with Gasteiger partial charge in [0.15, 0.2) is 0 Å². The Bertz CT molecular complexity index is 508. The van der Waals surface area contributed by atoms with E-state index in [1.54, 1.807) is 7.11 Å². The lowest BCUT2D eigenvalue weighted by Crippen LogP contribution is -2.49. The summed E-state index contributed by atoms with van der Waals surface area (Å²) in [6.45, 7) is 4.57. The van der Waals surface area contributed by atoms with Crippen LogP contribution < -0.4 is 4.74 Å². The molecule has 2 bridgehead atoms. The Kier molecular flexibility index (Phi) is 2.92. The molecule has 19 heavy (non-hydrogen) atoms. The predicted molar refractivity (Wildman–Crippen MR) is 75.5 cm³/mol. The Morgan fingerprint density at radius 3 is 2.89 bits per heavy atom. The second-order valence-electron chi connectivity index (χ2n) is 6.49. The molecule has 1 fully saturated rings. The van der Waals surface area contributed by atoms with E-state index in [9.17, 15) is 4.79 Å². The minimum atomic E-state index is 0.00104. The van der Waals surface area contributed by atoms with Gasteiger partial charge in [-0.05, 0) is 54.4 Å². The van der Waals surface area contributed by atoms with Crippen LogP contribution in [0.2, 0.25) is 0 Å². The maximum atomic E-state index is 11.7. The highest BCUT2D eigenvalue weighted by molar-refractivity contribution is 5.62. The lowest BCUT2D eigenvalue weighted by Gasteiger charge is -2.51. The smallest absolute Gasteiger partial charge is 0.124 e. The number of rotatable bonds is 2.